The van der Waals surface area contributed by atoms with E-state index in [1.165, 1.54) is 12.1 Å². The zero-order valence-electron chi connectivity index (χ0n) is 12.5. The van der Waals surface area contributed by atoms with Crippen molar-refractivity contribution in [3.63, 3.8) is 0 Å². The van der Waals surface area contributed by atoms with E-state index in [2.05, 4.69) is 0 Å². The van der Waals surface area contributed by atoms with Gasteiger partial charge in [-0.05, 0) is 6.42 Å². The van der Waals surface area contributed by atoms with Crippen LogP contribution in [0, 0.1) is 0 Å². The molecule has 23 heavy (non-hydrogen) atoms. The quantitative estimate of drug-likeness (QED) is 0.427. The summed E-state index contributed by atoms with van der Waals surface area (Å²) in [6.07, 6.45) is 0.318. The Morgan fingerprint density at radius 3 is 1.74 bits per heavy atom. The molecule has 2 rings (SSSR count). The molecule has 2 aromatic rings. The molecule has 0 aromatic heterocycles. The number of rotatable bonds is 8. The van der Waals surface area contributed by atoms with E-state index in [4.69, 9.17) is 0 Å². The molecule has 0 unspecified atom stereocenters. The first-order valence-corrected chi connectivity index (χ1v) is 7.34. The highest BCUT2D eigenvalue weighted by atomic mass is 16.2. The van der Waals surface area contributed by atoms with Crippen molar-refractivity contribution in [1.29, 1.82) is 0 Å². The summed E-state index contributed by atoms with van der Waals surface area (Å²) >= 11 is 0. The first-order valence-electron chi connectivity index (χ1n) is 7.34. The van der Waals surface area contributed by atoms with Gasteiger partial charge in [-0.1, -0.05) is 60.7 Å². The zero-order chi connectivity index (χ0) is 16.7. The second-order valence-corrected chi connectivity index (χ2v) is 5.09. The Balaban J connectivity index is 1.84. The molecule has 0 spiro atoms. The molecule has 0 saturated carbocycles. The van der Waals surface area contributed by atoms with Gasteiger partial charge in [0.2, 0.25) is 11.6 Å². The smallest absolute Gasteiger partial charge is 0.268 e. The maximum Gasteiger partial charge on any atom is 0.268 e. The van der Waals surface area contributed by atoms with Gasteiger partial charge in [-0.25, -0.2) is 0 Å². The number of ketones is 4. The summed E-state index contributed by atoms with van der Waals surface area (Å²) in [6, 6.07) is 16.7. The number of hydrogen-bond acceptors (Lipinski definition) is 4. The zero-order valence-corrected chi connectivity index (χ0v) is 12.5. The molecule has 0 saturated heterocycles. The Morgan fingerprint density at radius 2 is 1.17 bits per heavy atom. The van der Waals surface area contributed by atoms with Gasteiger partial charge in [0.15, 0.2) is 5.78 Å². The van der Waals surface area contributed by atoms with Crippen molar-refractivity contribution in [2.45, 2.75) is 19.3 Å². The summed E-state index contributed by atoms with van der Waals surface area (Å²) < 4.78 is 0. The molecular formula is C19H16O4. The van der Waals surface area contributed by atoms with Crippen LogP contribution < -0.4 is 0 Å². The van der Waals surface area contributed by atoms with Crippen molar-refractivity contribution in [2.24, 2.45) is 0 Å². The minimum Gasteiger partial charge on any atom is -0.294 e. The number of carbonyl (C=O) groups is 4. The van der Waals surface area contributed by atoms with Crippen LogP contribution in [0.3, 0.4) is 0 Å². The molecular weight excluding hydrogens is 292 g/mol. The molecule has 4 heteroatoms. The van der Waals surface area contributed by atoms with E-state index in [0.717, 1.165) is 0 Å². The molecule has 4 nitrogen and oxygen atoms in total. The molecule has 0 atom stereocenters. The number of carbonyl (C=O) groups excluding carboxylic acids is 4. The molecule has 0 fully saturated rings. The summed E-state index contributed by atoms with van der Waals surface area (Å²) in [4.78, 5) is 47.4. The topological polar surface area (TPSA) is 68.3 Å². The molecule has 0 aliphatic heterocycles. The van der Waals surface area contributed by atoms with E-state index in [0.29, 0.717) is 5.56 Å². The monoisotopic (exact) mass is 308 g/mol. The Labute approximate surface area is 134 Å². The van der Waals surface area contributed by atoms with Crippen LogP contribution in [0.4, 0.5) is 0 Å². The van der Waals surface area contributed by atoms with E-state index in [1.54, 1.807) is 42.5 Å². The molecule has 0 radical (unpaired) electrons. The van der Waals surface area contributed by atoms with E-state index < -0.39 is 17.3 Å². The predicted octanol–water partition coefficient (Wildman–Crippen LogP) is 3.06. The lowest BCUT2D eigenvalue weighted by Crippen LogP contribution is -2.24. The lowest BCUT2D eigenvalue weighted by molar-refractivity contribution is -0.133. The Kier molecular flexibility index (Phi) is 5.69. The second-order valence-electron chi connectivity index (χ2n) is 5.09. The predicted molar refractivity (Wildman–Crippen MR) is 85.4 cm³/mol. The summed E-state index contributed by atoms with van der Waals surface area (Å²) in [5, 5.41) is 0. The van der Waals surface area contributed by atoms with E-state index >= 15 is 0 Å². The van der Waals surface area contributed by atoms with Gasteiger partial charge in [0.1, 0.15) is 0 Å². The van der Waals surface area contributed by atoms with Gasteiger partial charge in [-0.3, -0.25) is 19.2 Å². The van der Waals surface area contributed by atoms with Crippen molar-refractivity contribution in [3.8, 4) is 0 Å². The Morgan fingerprint density at radius 1 is 0.652 bits per heavy atom. The average Bonchev–Trinajstić information content (AvgIpc) is 2.61. The fourth-order valence-electron chi connectivity index (χ4n) is 2.14. The van der Waals surface area contributed by atoms with Crippen LogP contribution in [0.15, 0.2) is 60.7 Å². The number of hydrogen-bond donors (Lipinski definition) is 0. The van der Waals surface area contributed by atoms with Crippen LogP contribution in [0.5, 0.6) is 0 Å². The molecule has 0 aliphatic carbocycles. The van der Waals surface area contributed by atoms with Crippen LogP contribution >= 0.6 is 0 Å². The molecule has 0 aliphatic rings. The minimum absolute atomic E-state index is 0.0831. The van der Waals surface area contributed by atoms with Gasteiger partial charge in [0, 0.05) is 24.0 Å². The van der Waals surface area contributed by atoms with Crippen molar-refractivity contribution < 1.29 is 19.2 Å². The number of benzene rings is 2. The highest BCUT2D eigenvalue weighted by molar-refractivity contribution is 6.67. The number of Topliss-reactive ketones (excluding diaryl/α,β-unsaturated/α-hetero) is 4. The molecule has 0 N–H and O–H groups in total. The third-order valence-corrected chi connectivity index (χ3v) is 3.40. The standard InChI is InChI=1S/C19H16O4/c20-16(14-8-3-1-4-9-14)12-7-13-17(21)19(23)18(22)15-10-5-2-6-11-15/h1-6,8-11H,7,12-13H2. The van der Waals surface area contributed by atoms with Crippen molar-refractivity contribution in [2.75, 3.05) is 0 Å². The first kappa shape index (κ1) is 16.5. The van der Waals surface area contributed by atoms with Crippen molar-refractivity contribution in [3.05, 3.63) is 71.8 Å². The van der Waals surface area contributed by atoms with E-state index in [-0.39, 0.29) is 30.6 Å². The second kappa shape index (κ2) is 7.94. The summed E-state index contributed by atoms with van der Waals surface area (Å²) in [6.45, 7) is 0. The van der Waals surface area contributed by atoms with E-state index in [9.17, 15) is 19.2 Å². The maximum absolute atomic E-state index is 11.9. The fourth-order valence-corrected chi connectivity index (χ4v) is 2.14. The van der Waals surface area contributed by atoms with Crippen molar-refractivity contribution in [1.82, 2.24) is 0 Å². The highest BCUT2D eigenvalue weighted by Gasteiger charge is 2.23. The molecule has 2 aromatic carbocycles. The van der Waals surface area contributed by atoms with Crippen LogP contribution in [0.2, 0.25) is 0 Å². The van der Waals surface area contributed by atoms with Gasteiger partial charge in [0.05, 0.1) is 0 Å². The summed E-state index contributed by atoms with van der Waals surface area (Å²) in [5.41, 5.74) is 0.776. The van der Waals surface area contributed by atoms with E-state index in [1.807, 2.05) is 6.07 Å². The minimum atomic E-state index is -1.02. The fraction of sp³-hybridized carbons (Fsp3) is 0.158. The molecule has 116 valence electrons. The average molecular weight is 308 g/mol. The van der Waals surface area contributed by atoms with Crippen molar-refractivity contribution >= 4 is 23.1 Å². The Hall–Kier alpha value is -2.88. The van der Waals surface area contributed by atoms with Crippen LogP contribution in [-0.2, 0) is 9.59 Å². The maximum atomic E-state index is 11.9. The van der Waals surface area contributed by atoms with Gasteiger partial charge in [-0.2, -0.15) is 0 Å². The highest BCUT2D eigenvalue weighted by Crippen LogP contribution is 2.08. The third-order valence-electron chi connectivity index (χ3n) is 3.40. The third kappa shape index (κ3) is 4.54. The molecule has 0 bridgehead atoms. The van der Waals surface area contributed by atoms with Crippen LogP contribution in [0.1, 0.15) is 40.0 Å². The first-order chi connectivity index (χ1) is 11.1. The van der Waals surface area contributed by atoms with Gasteiger partial charge in [-0.15, -0.1) is 0 Å². The largest absolute Gasteiger partial charge is 0.294 e. The Bertz CT molecular complexity index is 718. The van der Waals surface area contributed by atoms with Gasteiger partial charge in [0.25, 0.3) is 5.78 Å². The molecule has 0 heterocycles. The van der Waals surface area contributed by atoms with Gasteiger partial charge < -0.3 is 0 Å². The normalized spacial score (nSPS) is 10.1. The summed E-state index contributed by atoms with van der Waals surface area (Å²) in [5.74, 6) is -2.66. The lowest BCUT2D eigenvalue weighted by Gasteiger charge is -2.01. The van der Waals surface area contributed by atoms with Crippen LogP contribution in [0.25, 0.3) is 0 Å². The lowest BCUT2D eigenvalue weighted by atomic mass is 10.00. The van der Waals surface area contributed by atoms with Crippen LogP contribution in [-0.4, -0.2) is 23.1 Å². The van der Waals surface area contributed by atoms with Gasteiger partial charge >= 0.3 is 0 Å². The summed E-state index contributed by atoms with van der Waals surface area (Å²) in [7, 11) is 0. The SMILES string of the molecule is O=C(CCCC(=O)c1ccccc1)C(=O)C(=O)c1ccccc1. The molecule has 0 amide bonds.